The number of aromatic nitrogens is 3. The normalized spacial score (nSPS) is 11.5. The van der Waals surface area contributed by atoms with Crippen LogP contribution in [0.4, 0.5) is 5.82 Å². The second kappa shape index (κ2) is 7.25. The fraction of sp³-hybridized carbons (Fsp3) is 0.0455. The van der Waals surface area contributed by atoms with E-state index in [0.717, 1.165) is 16.9 Å². The summed E-state index contributed by atoms with van der Waals surface area (Å²) < 4.78 is 1.55. The molecule has 0 bridgehead atoms. The lowest BCUT2D eigenvalue weighted by molar-refractivity contribution is 0.852. The van der Waals surface area contributed by atoms with Gasteiger partial charge in [0.05, 0.1) is 22.7 Å². The van der Waals surface area contributed by atoms with Crippen LogP contribution in [-0.4, -0.2) is 20.5 Å². The zero-order valence-corrected chi connectivity index (χ0v) is 14.8. The van der Waals surface area contributed by atoms with Crippen LogP contribution < -0.4 is 5.56 Å². The maximum absolute atomic E-state index is 13.2. The topological polar surface area (TPSA) is 63.0 Å². The predicted molar refractivity (Wildman–Crippen MR) is 108 cm³/mol. The van der Waals surface area contributed by atoms with Gasteiger partial charge in [0.2, 0.25) is 0 Å². The Bertz CT molecular complexity index is 1130. The molecule has 0 amide bonds. The number of aliphatic imine (C=N–C) groups is 1. The maximum Gasteiger partial charge on any atom is 0.280 e. The van der Waals surface area contributed by atoms with Crippen LogP contribution in [0, 0.1) is 0 Å². The molecule has 0 aliphatic heterocycles. The third-order valence-corrected chi connectivity index (χ3v) is 4.26. The molecule has 5 nitrogen and oxygen atoms in total. The lowest BCUT2D eigenvalue weighted by atomic mass is 10.1. The first kappa shape index (κ1) is 16.7. The Balaban J connectivity index is 1.93. The van der Waals surface area contributed by atoms with Gasteiger partial charge >= 0.3 is 0 Å². The minimum Gasteiger partial charge on any atom is -0.290 e. The van der Waals surface area contributed by atoms with Crippen molar-refractivity contribution in [3.63, 3.8) is 0 Å². The predicted octanol–water partition coefficient (Wildman–Crippen LogP) is 4.37. The molecule has 0 radical (unpaired) electrons. The number of nitrogens with zero attached hydrogens (tertiary/aromatic N) is 3. The van der Waals surface area contributed by atoms with E-state index in [-0.39, 0.29) is 5.56 Å². The van der Waals surface area contributed by atoms with E-state index in [1.54, 1.807) is 10.9 Å². The van der Waals surface area contributed by atoms with Crippen molar-refractivity contribution in [1.29, 1.82) is 0 Å². The molecular formula is C22H18N4O. The summed E-state index contributed by atoms with van der Waals surface area (Å²) in [6.07, 6.45) is 1.68. The highest BCUT2D eigenvalue weighted by atomic mass is 16.1. The van der Waals surface area contributed by atoms with Crippen molar-refractivity contribution in [3.8, 4) is 16.9 Å². The Morgan fingerprint density at radius 1 is 0.926 bits per heavy atom. The first-order valence-electron chi connectivity index (χ1n) is 8.66. The lowest BCUT2D eigenvalue weighted by Gasteiger charge is -2.03. The van der Waals surface area contributed by atoms with Crippen LogP contribution in [0.5, 0.6) is 0 Å². The summed E-state index contributed by atoms with van der Waals surface area (Å²) in [6.45, 7) is 1.83. The van der Waals surface area contributed by atoms with Crippen LogP contribution in [0.25, 0.3) is 16.9 Å². The highest BCUT2D eigenvalue weighted by Gasteiger charge is 2.19. The first-order chi connectivity index (χ1) is 13.2. The molecule has 0 saturated carbocycles. The third kappa shape index (κ3) is 3.35. The van der Waals surface area contributed by atoms with Gasteiger partial charge in [-0.25, -0.2) is 14.7 Å². The van der Waals surface area contributed by atoms with Crippen LogP contribution in [0.3, 0.4) is 0 Å². The van der Waals surface area contributed by atoms with Gasteiger partial charge < -0.3 is 0 Å². The number of hydrogen-bond acceptors (Lipinski definition) is 3. The maximum atomic E-state index is 13.2. The van der Waals surface area contributed by atoms with Crippen molar-refractivity contribution in [3.05, 3.63) is 101 Å². The Morgan fingerprint density at radius 2 is 1.59 bits per heavy atom. The van der Waals surface area contributed by atoms with E-state index < -0.39 is 0 Å². The van der Waals surface area contributed by atoms with Gasteiger partial charge in [0.15, 0.2) is 5.82 Å². The van der Waals surface area contributed by atoms with E-state index in [4.69, 9.17) is 0 Å². The summed E-state index contributed by atoms with van der Waals surface area (Å²) in [5, 5.41) is 3.25. The van der Waals surface area contributed by atoms with Crippen LogP contribution in [0.1, 0.15) is 12.5 Å². The van der Waals surface area contributed by atoms with Crippen molar-refractivity contribution in [2.45, 2.75) is 6.92 Å². The van der Waals surface area contributed by atoms with Gasteiger partial charge in [0, 0.05) is 11.8 Å². The first-order valence-corrected chi connectivity index (χ1v) is 8.66. The Kier molecular flexibility index (Phi) is 4.49. The molecule has 0 fully saturated rings. The van der Waals surface area contributed by atoms with Crippen molar-refractivity contribution in [1.82, 2.24) is 14.8 Å². The number of H-pyrrole nitrogens is 1. The minimum atomic E-state index is -0.141. The van der Waals surface area contributed by atoms with Gasteiger partial charge in [-0.1, -0.05) is 54.6 Å². The molecule has 0 aliphatic rings. The number of hydrogen-bond donors (Lipinski definition) is 1. The van der Waals surface area contributed by atoms with E-state index in [2.05, 4.69) is 15.1 Å². The summed E-state index contributed by atoms with van der Waals surface area (Å²) in [7, 11) is 0. The van der Waals surface area contributed by atoms with Crippen molar-refractivity contribution in [2.75, 3.05) is 0 Å². The third-order valence-electron chi connectivity index (χ3n) is 4.26. The van der Waals surface area contributed by atoms with Gasteiger partial charge in [-0.15, -0.1) is 0 Å². The molecule has 2 aromatic carbocycles. The van der Waals surface area contributed by atoms with Gasteiger partial charge in [-0.05, 0) is 31.2 Å². The van der Waals surface area contributed by atoms with Gasteiger partial charge in [0.1, 0.15) is 0 Å². The Hall–Kier alpha value is -3.73. The number of pyridine rings is 1. The van der Waals surface area contributed by atoms with Gasteiger partial charge in [0.25, 0.3) is 5.56 Å². The van der Waals surface area contributed by atoms with Gasteiger partial charge in [-0.2, -0.15) is 0 Å². The summed E-state index contributed by atoms with van der Waals surface area (Å²) >= 11 is 0. The Morgan fingerprint density at radius 3 is 2.26 bits per heavy atom. The second-order valence-corrected chi connectivity index (χ2v) is 6.09. The molecular weight excluding hydrogens is 336 g/mol. The van der Waals surface area contributed by atoms with Crippen LogP contribution in [0.2, 0.25) is 0 Å². The van der Waals surface area contributed by atoms with Crippen molar-refractivity contribution >= 4 is 11.5 Å². The molecule has 5 heteroatoms. The molecule has 132 valence electrons. The smallest absolute Gasteiger partial charge is 0.280 e. The van der Waals surface area contributed by atoms with Crippen molar-refractivity contribution in [2.24, 2.45) is 4.99 Å². The van der Waals surface area contributed by atoms with E-state index in [9.17, 15) is 4.79 Å². The molecule has 2 aromatic heterocycles. The summed E-state index contributed by atoms with van der Waals surface area (Å²) in [5.74, 6) is 0.570. The monoisotopic (exact) mass is 354 g/mol. The number of rotatable bonds is 4. The quantitative estimate of drug-likeness (QED) is 0.553. The number of para-hydroxylation sites is 1. The van der Waals surface area contributed by atoms with E-state index in [1.165, 1.54) is 0 Å². The number of nitrogens with one attached hydrogen (secondary N) is 1. The van der Waals surface area contributed by atoms with Crippen LogP contribution in [-0.2, 0) is 0 Å². The van der Waals surface area contributed by atoms with E-state index in [0.29, 0.717) is 17.1 Å². The summed E-state index contributed by atoms with van der Waals surface area (Å²) in [5.41, 5.74) is 3.45. The Labute approximate surface area is 156 Å². The zero-order chi connectivity index (χ0) is 18.6. The van der Waals surface area contributed by atoms with Crippen LogP contribution in [0.15, 0.2) is 94.8 Å². The average molecular weight is 354 g/mol. The van der Waals surface area contributed by atoms with E-state index >= 15 is 0 Å². The largest absolute Gasteiger partial charge is 0.290 e. The van der Waals surface area contributed by atoms with Crippen LogP contribution >= 0.6 is 0 Å². The molecule has 0 spiro atoms. The minimum absolute atomic E-state index is 0.141. The molecule has 0 atom stereocenters. The fourth-order valence-electron chi connectivity index (χ4n) is 2.99. The SMILES string of the molecule is CC(=Nc1ccccn1)c1c(-c2ccccc2)[nH]n(-c2ccccc2)c1=O. The number of benzene rings is 2. The molecule has 0 aliphatic carbocycles. The molecule has 1 N–H and O–H groups in total. The highest BCUT2D eigenvalue weighted by molar-refractivity contribution is 6.04. The number of aromatic amines is 1. The second-order valence-electron chi connectivity index (χ2n) is 6.09. The fourth-order valence-corrected chi connectivity index (χ4v) is 2.99. The molecule has 0 unspecified atom stereocenters. The summed E-state index contributed by atoms with van der Waals surface area (Å²) in [4.78, 5) is 22.0. The molecule has 4 rings (SSSR count). The molecule has 0 saturated heterocycles. The van der Waals surface area contributed by atoms with Gasteiger partial charge in [-0.3, -0.25) is 9.89 Å². The molecule has 2 heterocycles. The molecule has 4 aromatic rings. The lowest BCUT2D eigenvalue weighted by Crippen LogP contribution is -2.19. The zero-order valence-electron chi connectivity index (χ0n) is 14.8. The summed E-state index contributed by atoms with van der Waals surface area (Å²) in [6, 6.07) is 24.8. The molecule has 27 heavy (non-hydrogen) atoms. The average Bonchev–Trinajstić information content (AvgIpc) is 3.07. The standard InChI is InChI=1S/C22H18N4O/c1-16(24-19-14-8-9-15-23-19)20-21(17-10-4-2-5-11-17)25-26(22(20)27)18-12-6-3-7-13-18/h2-15,25H,1H3. The highest BCUT2D eigenvalue weighted by Crippen LogP contribution is 2.22. The van der Waals surface area contributed by atoms with E-state index in [1.807, 2.05) is 85.8 Å². The van der Waals surface area contributed by atoms with Crippen molar-refractivity contribution < 1.29 is 0 Å².